The van der Waals surface area contributed by atoms with Crippen LogP contribution in [0.1, 0.15) is 26.3 Å². The number of hydrogen-bond donors (Lipinski definition) is 2. The number of fused-ring (bicyclic) bond motifs is 1. The van der Waals surface area contributed by atoms with E-state index in [1.165, 1.54) is 0 Å². The maximum atomic E-state index is 11.9. The molecule has 1 heterocycles. The maximum absolute atomic E-state index is 11.9. The first kappa shape index (κ1) is 15.1. The van der Waals surface area contributed by atoms with Crippen LogP contribution in [0, 0.1) is 0 Å². The highest BCUT2D eigenvalue weighted by atomic mass is 79.9. The van der Waals surface area contributed by atoms with Crippen molar-refractivity contribution in [2.45, 2.75) is 38.8 Å². The van der Waals surface area contributed by atoms with Gasteiger partial charge in [0, 0.05) is 28.0 Å². The zero-order chi connectivity index (χ0) is 14.9. The lowest BCUT2D eigenvalue weighted by Crippen LogP contribution is -2.38. The molecule has 2 aromatic rings. The molecule has 4 nitrogen and oxygen atoms in total. The summed E-state index contributed by atoms with van der Waals surface area (Å²) in [6.07, 6.45) is 2.33. The molecule has 0 fully saturated rings. The number of carbonyl (C=O) groups excluding carboxylic acids is 1. The Kier molecular flexibility index (Phi) is 4.20. The third-order valence-corrected chi connectivity index (χ3v) is 3.55. The van der Waals surface area contributed by atoms with E-state index in [9.17, 15) is 4.79 Å². The van der Waals surface area contributed by atoms with E-state index in [-0.39, 0.29) is 5.97 Å². The van der Waals surface area contributed by atoms with Gasteiger partial charge in [0.05, 0.1) is 0 Å². The normalized spacial score (nSPS) is 13.4. The summed E-state index contributed by atoms with van der Waals surface area (Å²) in [5, 5.41) is 1.06. The molecule has 0 saturated heterocycles. The van der Waals surface area contributed by atoms with E-state index in [0.29, 0.717) is 6.42 Å². The molecular formula is C15H19BrN2O2. The Morgan fingerprint density at radius 3 is 2.80 bits per heavy atom. The molecule has 0 aliphatic rings. The molecule has 108 valence electrons. The standard InChI is InChI=1S/C15H19BrN2O2/c1-15(2,3)20-14(19)11(17)7-9-8-18-12-6-4-5-10(16)13(9)12/h4-6,8,11,18H,7,17H2,1-3H3. The zero-order valence-corrected chi connectivity index (χ0v) is 13.5. The summed E-state index contributed by atoms with van der Waals surface area (Å²) >= 11 is 3.53. The molecule has 0 aliphatic heterocycles. The van der Waals surface area contributed by atoms with Gasteiger partial charge >= 0.3 is 5.97 Å². The largest absolute Gasteiger partial charge is 0.459 e. The predicted octanol–water partition coefficient (Wildman–Crippen LogP) is 3.14. The minimum absolute atomic E-state index is 0.376. The maximum Gasteiger partial charge on any atom is 0.323 e. The Bertz CT molecular complexity index is 628. The zero-order valence-electron chi connectivity index (χ0n) is 11.9. The number of ether oxygens (including phenoxy) is 1. The van der Waals surface area contributed by atoms with Crippen molar-refractivity contribution in [3.63, 3.8) is 0 Å². The van der Waals surface area contributed by atoms with Gasteiger partial charge in [0.2, 0.25) is 0 Å². The lowest BCUT2D eigenvalue weighted by molar-refractivity contribution is -0.156. The predicted molar refractivity (Wildman–Crippen MR) is 83.5 cm³/mol. The van der Waals surface area contributed by atoms with Crippen molar-refractivity contribution in [2.24, 2.45) is 5.73 Å². The molecule has 2 rings (SSSR count). The summed E-state index contributed by atoms with van der Waals surface area (Å²) in [6, 6.07) is 5.25. The summed E-state index contributed by atoms with van der Waals surface area (Å²) in [7, 11) is 0. The molecule has 0 bridgehead atoms. The van der Waals surface area contributed by atoms with E-state index in [0.717, 1.165) is 20.9 Å². The van der Waals surface area contributed by atoms with Gasteiger partial charge in [-0.05, 0) is 38.5 Å². The van der Waals surface area contributed by atoms with Gasteiger partial charge in [-0.1, -0.05) is 22.0 Å². The van der Waals surface area contributed by atoms with Crippen LogP contribution >= 0.6 is 15.9 Å². The summed E-state index contributed by atoms with van der Waals surface area (Å²) < 4.78 is 6.29. The molecule has 1 aromatic heterocycles. The molecule has 0 spiro atoms. The Hall–Kier alpha value is -1.33. The minimum Gasteiger partial charge on any atom is -0.459 e. The first-order chi connectivity index (χ1) is 9.28. The first-order valence-electron chi connectivity index (χ1n) is 6.51. The molecular weight excluding hydrogens is 320 g/mol. The number of aromatic nitrogens is 1. The average Bonchev–Trinajstić information content (AvgIpc) is 2.71. The van der Waals surface area contributed by atoms with E-state index >= 15 is 0 Å². The highest BCUT2D eigenvalue weighted by molar-refractivity contribution is 9.10. The lowest BCUT2D eigenvalue weighted by Gasteiger charge is -2.22. The van der Waals surface area contributed by atoms with Crippen molar-refractivity contribution in [3.05, 3.63) is 34.4 Å². The van der Waals surface area contributed by atoms with Crippen LogP contribution in [0.4, 0.5) is 0 Å². The molecule has 3 N–H and O–H groups in total. The van der Waals surface area contributed by atoms with Crippen molar-refractivity contribution < 1.29 is 9.53 Å². The topological polar surface area (TPSA) is 68.1 Å². The molecule has 5 heteroatoms. The number of esters is 1. The van der Waals surface area contributed by atoms with Crippen molar-refractivity contribution in [3.8, 4) is 0 Å². The number of benzene rings is 1. The average molecular weight is 339 g/mol. The van der Waals surface area contributed by atoms with E-state index in [2.05, 4.69) is 20.9 Å². The summed E-state index contributed by atoms with van der Waals surface area (Å²) in [4.78, 5) is 15.1. The minimum atomic E-state index is -0.666. The van der Waals surface area contributed by atoms with E-state index in [4.69, 9.17) is 10.5 Å². The Morgan fingerprint density at radius 2 is 2.15 bits per heavy atom. The van der Waals surface area contributed by atoms with Crippen LogP contribution < -0.4 is 5.73 Å². The second-order valence-electron chi connectivity index (χ2n) is 5.82. The molecule has 1 unspecified atom stereocenters. The lowest BCUT2D eigenvalue weighted by atomic mass is 10.1. The summed E-state index contributed by atoms with van der Waals surface area (Å²) in [5.41, 5.74) is 7.46. The fourth-order valence-corrected chi connectivity index (χ4v) is 2.69. The monoisotopic (exact) mass is 338 g/mol. The molecule has 0 radical (unpaired) electrons. The number of nitrogens with two attached hydrogens (primary N) is 1. The number of aromatic amines is 1. The molecule has 0 amide bonds. The number of rotatable bonds is 3. The van der Waals surface area contributed by atoms with Crippen molar-refractivity contribution in [1.82, 2.24) is 4.98 Å². The third kappa shape index (κ3) is 3.41. The Morgan fingerprint density at radius 1 is 1.45 bits per heavy atom. The van der Waals surface area contributed by atoms with Crippen LogP contribution in [0.2, 0.25) is 0 Å². The van der Waals surface area contributed by atoms with Crippen molar-refractivity contribution in [2.75, 3.05) is 0 Å². The van der Waals surface area contributed by atoms with Gasteiger partial charge in [0.15, 0.2) is 0 Å². The smallest absolute Gasteiger partial charge is 0.323 e. The van der Waals surface area contributed by atoms with Crippen molar-refractivity contribution in [1.29, 1.82) is 0 Å². The number of H-pyrrole nitrogens is 1. The number of carbonyl (C=O) groups is 1. The van der Waals surface area contributed by atoms with Gasteiger partial charge in [0.25, 0.3) is 0 Å². The second-order valence-corrected chi connectivity index (χ2v) is 6.67. The van der Waals surface area contributed by atoms with Gasteiger partial charge in [0.1, 0.15) is 11.6 Å². The van der Waals surface area contributed by atoms with Crippen LogP contribution in [-0.4, -0.2) is 22.6 Å². The van der Waals surface area contributed by atoms with Crippen molar-refractivity contribution >= 4 is 32.8 Å². The SMILES string of the molecule is CC(C)(C)OC(=O)C(N)Cc1c[nH]c2cccc(Br)c12. The quantitative estimate of drug-likeness (QED) is 0.844. The fraction of sp³-hybridized carbons (Fsp3) is 0.400. The highest BCUT2D eigenvalue weighted by Gasteiger charge is 2.23. The van der Waals surface area contributed by atoms with Crippen LogP contribution in [0.3, 0.4) is 0 Å². The third-order valence-electron chi connectivity index (χ3n) is 2.89. The molecule has 1 atom stereocenters. The van der Waals surface area contributed by atoms with Crippen LogP contribution in [0.5, 0.6) is 0 Å². The van der Waals surface area contributed by atoms with Crippen LogP contribution in [0.25, 0.3) is 10.9 Å². The second kappa shape index (κ2) is 5.58. The highest BCUT2D eigenvalue weighted by Crippen LogP contribution is 2.27. The van der Waals surface area contributed by atoms with Gasteiger partial charge in [-0.15, -0.1) is 0 Å². The fourth-order valence-electron chi connectivity index (χ4n) is 2.07. The molecule has 0 aliphatic carbocycles. The van der Waals surface area contributed by atoms with E-state index in [1.54, 1.807) is 0 Å². The van der Waals surface area contributed by atoms with E-state index < -0.39 is 11.6 Å². The first-order valence-corrected chi connectivity index (χ1v) is 7.30. The number of halogens is 1. The van der Waals surface area contributed by atoms with E-state index in [1.807, 2.05) is 45.2 Å². The number of nitrogens with one attached hydrogen (secondary N) is 1. The molecule has 20 heavy (non-hydrogen) atoms. The number of hydrogen-bond acceptors (Lipinski definition) is 3. The van der Waals surface area contributed by atoms with Gasteiger partial charge < -0.3 is 15.5 Å². The molecule has 0 saturated carbocycles. The van der Waals surface area contributed by atoms with Gasteiger partial charge in [-0.2, -0.15) is 0 Å². The Labute approximate surface area is 126 Å². The van der Waals surface area contributed by atoms with Gasteiger partial charge in [-0.3, -0.25) is 4.79 Å². The summed E-state index contributed by atoms with van der Waals surface area (Å²) in [6.45, 7) is 5.50. The molecule has 1 aromatic carbocycles. The summed E-state index contributed by atoms with van der Waals surface area (Å²) in [5.74, 6) is -0.376. The van der Waals surface area contributed by atoms with Crippen LogP contribution in [-0.2, 0) is 16.0 Å². The van der Waals surface area contributed by atoms with Gasteiger partial charge in [-0.25, -0.2) is 0 Å². The van der Waals surface area contributed by atoms with Crippen LogP contribution in [0.15, 0.2) is 28.9 Å². The Balaban J connectivity index is 2.18.